The third-order valence-corrected chi connectivity index (χ3v) is 3.71. The zero-order valence-corrected chi connectivity index (χ0v) is 11.6. The van der Waals surface area contributed by atoms with Crippen molar-refractivity contribution in [2.75, 3.05) is 13.1 Å². The van der Waals surface area contributed by atoms with E-state index >= 15 is 0 Å². The molecule has 1 heterocycles. The quantitative estimate of drug-likeness (QED) is 0.771. The van der Waals surface area contributed by atoms with Crippen molar-refractivity contribution in [3.63, 3.8) is 0 Å². The number of nitrogens with one attached hydrogen (secondary N) is 1. The van der Waals surface area contributed by atoms with Gasteiger partial charge in [-0.1, -0.05) is 6.92 Å². The monoisotopic (exact) mass is 241 g/mol. The molecule has 0 aromatic heterocycles. The van der Waals surface area contributed by atoms with Gasteiger partial charge in [-0.3, -0.25) is 9.69 Å². The van der Waals surface area contributed by atoms with Crippen LogP contribution in [-0.2, 0) is 4.79 Å². The molecule has 1 aliphatic rings. The summed E-state index contributed by atoms with van der Waals surface area (Å²) in [5.41, 5.74) is 5.85. The molecule has 3 atom stereocenters. The van der Waals surface area contributed by atoms with E-state index in [0.29, 0.717) is 18.5 Å². The Bertz CT molecular complexity index is 255. The first-order valence-electron chi connectivity index (χ1n) is 6.73. The Labute approximate surface area is 105 Å². The highest BCUT2D eigenvalue weighted by Gasteiger charge is 2.33. The number of nitrogens with zero attached hydrogens (tertiary/aromatic N) is 1. The van der Waals surface area contributed by atoms with Crippen molar-refractivity contribution >= 4 is 5.91 Å². The minimum atomic E-state index is -0.0753. The second-order valence-corrected chi connectivity index (χ2v) is 5.50. The van der Waals surface area contributed by atoms with Gasteiger partial charge in [-0.05, 0) is 46.1 Å². The average molecular weight is 241 g/mol. The molecule has 1 rings (SSSR count). The second kappa shape index (κ2) is 6.36. The van der Waals surface area contributed by atoms with Crippen molar-refractivity contribution in [1.82, 2.24) is 10.2 Å². The standard InChI is InChI=1S/C13H27N3O/c1-9(2)15-13(17)11(4)16-7-5-6-10(3)12(16)8-14/h9-12H,5-8,14H2,1-4H3,(H,15,17). The van der Waals surface area contributed by atoms with Gasteiger partial charge in [0.15, 0.2) is 0 Å². The highest BCUT2D eigenvalue weighted by atomic mass is 16.2. The van der Waals surface area contributed by atoms with E-state index in [4.69, 9.17) is 5.73 Å². The van der Waals surface area contributed by atoms with E-state index in [1.165, 1.54) is 6.42 Å². The molecule has 17 heavy (non-hydrogen) atoms. The number of likely N-dealkylation sites (tertiary alicyclic amines) is 1. The molecule has 0 bridgehead atoms. The molecule has 100 valence electrons. The predicted octanol–water partition coefficient (Wildman–Crippen LogP) is 0.959. The molecule has 1 saturated heterocycles. The number of hydrogen-bond donors (Lipinski definition) is 2. The highest BCUT2D eigenvalue weighted by Crippen LogP contribution is 2.24. The van der Waals surface area contributed by atoms with Crippen LogP contribution in [0.4, 0.5) is 0 Å². The van der Waals surface area contributed by atoms with Gasteiger partial charge in [0.25, 0.3) is 0 Å². The molecule has 1 fully saturated rings. The Morgan fingerprint density at radius 3 is 2.65 bits per heavy atom. The number of rotatable bonds is 4. The first-order chi connectivity index (χ1) is 7.97. The molecular weight excluding hydrogens is 214 g/mol. The van der Waals surface area contributed by atoms with E-state index < -0.39 is 0 Å². The molecule has 0 aromatic rings. The van der Waals surface area contributed by atoms with Crippen LogP contribution in [0.3, 0.4) is 0 Å². The molecule has 1 amide bonds. The fourth-order valence-electron chi connectivity index (χ4n) is 2.69. The summed E-state index contributed by atoms with van der Waals surface area (Å²) in [6.45, 7) is 9.82. The summed E-state index contributed by atoms with van der Waals surface area (Å²) in [6.07, 6.45) is 2.38. The van der Waals surface area contributed by atoms with Gasteiger partial charge in [0.1, 0.15) is 0 Å². The van der Waals surface area contributed by atoms with E-state index in [1.54, 1.807) is 0 Å². The van der Waals surface area contributed by atoms with Gasteiger partial charge in [-0.25, -0.2) is 0 Å². The van der Waals surface area contributed by atoms with E-state index in [2.05, 4.69) is 17.1 Å². The van der Waals surface area contributed by atoms with Crippen LogP contribution in [0.2, 0.25) is 0 Å². The number of hydrogen-bond acceptors (Lipinski definition) is 3. The van der Waals surface area contributed by atoms with Gasteiger partial charge in [-0.2, -0.15) is 0 Å². The Hall–Kier alpha value is -0.610. The zero-order valence-electron chi connectivity index (χ0n) is 11.6. The van der Waals surface area contributed by atoms with Crippen molar-refractivity contribution in [1.29, 1.82) is 0 Å². The maximum absolute atomic E-state index is 12.0. The number of amides is 1. The molecule has 0 aromatic carbocycles. The van der Waals surface area contributed by atoms with Gasteiger partial charge in [0.05, 0.1) is 6.04 Å². The van der Waals surface area contributed by atoms with E-state index in [9.17, 15) is 4.79 Å². The molecule has 1 aliphatic heterocycles. The Morgan fingerprint density at radius 2 is 2.12 bits per heavy atom. The third-order valence-electron chi connectivity index (χ3n) is 3.71. The summed E-state index contributed by atoms with van der Waals surface area (Å²) >= 11 is 0. The summed E-state index contributed by atoms with van der Waals surface area (Å²) in [6, 6.07) is 0.467. The van der Waals surface area contributed by atoms with E-state index in [1.807, 2.05) is 20.8 Å². The number of piperidine rings is 1. The molecule has 3 unspecified atom stereocenters. The first kappa shape index (κ1) is 14.5. The molecule has 0 spiro atoms. The summed E-state index contributed by atoms with van der Waals surface area (Å²) in [4.78, 5) is 14.3. The van der Waals surface area contributed by atoms with Crippen LogP contribution in [0.15, 0.2) is 0 Å². The lowest BCUT2D eigenvalue weighted by Crippen LogP contribution is -2.57. The van der Waals surface area contributed by atoms with Gasteiger partial charge in [0, 0.05) is 18.6 Å². The predicted molar refractivity (Wildman–Crippen MR) is 70.7 cm³/mol. The average Bonchev–Trinajstić information content (AvgIpc) is 2.26. The summed E-state index contributed by atoms with van der Waals surface area (Å²) < 4.78 is 0. The highest BCUT2D eigenvalue weighted by molar-refractivity contribution is 5.81. The molecule has 3 N–H and O–H groups in total. The van der Waals surface area contributed by atoms with Crippen LogP contribution in [0, 0.1) is 5.92 Å². The zero-order chi connectivity index (χ0) is 13.0. The Kier molecular flexibility index (Phi) is 5.40. The van der Waals surface area contributed by atoms with Gasteiger partial charge in [-0.15, -0.1) is 0 Å². The molecule has 0 saturated carbocycles. The van der Waals surface area contributed by atoms with Crippen LogP contribution in [-0.4, -0.2) is 42.0 Å². The minimum Gasteiger partial charge on any atom is -0.353 e. The largest absolute Gasteiger partial charge is 0.353 e. The third kappa shape index (κ3) is 3.68. The maximum Gasteiger partial charge on any atom is 0.237 e. The van der Waals surface area contributed by atoms with Crippen molar-refractivity contribution < 1.29 is 4.79 Å². The van der Waals surface area contributed by atoms with Gasteiger partial charge in [0.2, 0.25) is 5.91 Å². The maximum atomic E-state index is 12.0. The summed E-state index contributed by atoms with van der Waals surface area (Å²) in [5.74, 6) is 0.704. The second-order valence-electron chi connectivity index (χ2n) is 5.50. The van der Waals surface area contributed by atoms with Crippen LogP contribution in [0.5, 0.6) is 0 Å². The van der Waals surface area contributed by atoms with Crippen molar-refractivity contribution in [2.45, 2.75) is 58.7 Å². The van der Waals surface area contributed by atoms with Crippen LogP contribution < -0.4 is 11.1 Å². The lowest BCUT2D eigenvalue weighted by molar-refractivity contribution is -0.128. The normalized spacial score (nSPS) is 28.1. The molecule has 0 radical (unpaired) electrons. The molecule has 4 heteroatoms. The number of carbonyl (C=O) groups excluding carboxylic acids is 1. The van der Waals surface area contributed by atoms with Crippen LogP contribution in [0.1, 0.15) is 40.5 Å². The van der Waals surface area contributed by atoms with E-state index in [0.717, 1.165) is 13.0 Å². The van der Waals surface area contributed by atoms with Crippen LogP contribution in [0.25, 0.3) is 0 Å². The van der Waals surface area contributed by atoms with Crippen molar-refractivity contribution in [3.05, 3.63) is 0 Å². The molecule has 4 nitrogen and oxygen atoms in total. The van der Waals surface area contributed by atoms with Crippen molar-refractivity contribution in [2.24, 2.45) is 11.7 Å². The molecule has 0 aliphatic carbocycles. The van der Waals surface area contributed by atoms with Crippen LogP contribution >= 0.6 is 0 Å². The Morgan fingerprint density at radius 1 is 1.47 bits per heavy atom. The smallest absolute Gasteiger partial charge is 0.237 e. The fraction of sp³-hybridized carbons (Fsp3) is 0.923. The van der Waals surface area contributed by atoms with Gasteiger partial charge < -0.3 is 11.1 Å². The van der Waals surface area contributed by atoms with Gasteiger partial charge >= 0.3 is 0 Å². The first-order valence-corrected chi connectivity index (χ1v) is 6.73. The lowest BCUT2D eigenvalue weighted by atomic mass is 9.89. The number of nitrogens with two attached hydrogens (primary N) is 1. The van der Waals surface area contributed by atoms with Crippen molar-refractivity contribution in [3.8, 4) is 0 Å². The SMILES string of the molecule is CC(C)NC(=O)C(C)N1CCCC(C)C1CN. The minimum absolute atomic E-state index is 0.0753. The lowest BCUT2D eigenvalue weighted by Gasteiger charge is -2.42. The summed E-state index contributed by atoms with van der Waals surface area (Å²) in [7, 11) is 0. The summed E-state index contributed by atoms with van der Waals surface area (Å²) in [5, 5.41) is 2.98. The molecular formula is C13H27N3O. The number of carbonyl (C=O) groups is 1. The Balaban J connectivity index is 2.65. The van der Waals surface area contributed by atoms with E-state index in [-0.39, 0.29) is 18.0 Å². The fourth-order valence-corrected chi connectivity index (χ4v) is 2.69. The topological polar surface area (TPSA) is 58.4 Å².